The van der Waals surface area contributed by atoms with Crippen LogP contribution < -0.4 is 5.73 Å². The lowest BCUT2D eigenvalue weighted by atomic mass is 10.0. The maximum Gasteiger partial charge on any atom is 0.0489 e. The predicted octanol–water partition coefficient (Wildman–Crippen LogP) is 1.50. The van der Waals surface area contributed by atoms with Crippen LogP contribution in [0, 0.1) is 0 Å². The van der Waals surface area contributed by atoms with E-state index in [2.05, 4.69) is 34.7 Å². The smallest absolute Gasteiger partial charge is 0.0489 e. The zero-order valence-corrected chi connectivity index (χ0v) is 12.1. The summed E-state index contributed by atoms with van der Waals surface area (Å²) in [5.41, 5.74) is 7.28. The predicted molar refractivity (Wildman–Crippen MR) is 78.9 cm³/mol. The molecule has 1 aromatic rings. The van der Waals surface area contributed by atoms with Gasteiger partial charge in [0.25, 0.3) is 0 Å². The highest BCUT2D eigenvalue weighted by Crippen LogP contribution is 2.25. The number of aromatic nitrogens is 1. The molecule has 1 aliphatic rings. The van der Waals surface area contributed by atoms with Gasteiger partial charge in [-0.25, -0.2) is 0 Å². The molecule has 106 valence electrons. The molecular weight excluding hydrogens is 236 g/mol. The lowest BCUT2D eigenvalue weighted by Crippen LogP contribution is -2.54. The van der Waals surface area contributed by atoms with Crippen LogP contribution in [0.2, 0.25) is 0 Å². The highest BCUT2D eigenvalue weighted by atomic mass is 15.3. The van der Waals surface area contributed by atoms with Crippen LogP contribution in [0.1, 0.15) is 31.9 Å². The summed E-state index contributed by atoms with van der Waals surface area (Å²) in [5, 5.41) is 0. The van der Waals surface area contributed by atoms with Crippen LogP contribution >= 0.6 is 0 Å². The Labute approximate surface area is 116 Å². The highest BCUT2D eigenvalue weighted by molar-refractivity contribution is 5.15. The van der Waals surface area contributed by atoms with E-state index in [9.17, 15) is 0 Å². The number of rotatable bonds is 5. The van der Waals surface area contributed by atoms with Crippen molar-refractivity contribution < 1.29 is 0 Å². The van der Waals surface area contributed by atoms with Crippen LogP contribution in [-0.2, 0) is 0 Å². The second-order valence-electron chi connectivity index (χ2n) is 5.23. The monoisotopic (exact) mass is 262 g/mol. The maximum absolute atomic E-state index is 6.04. The Balaban J connectivity index is 2.14. The SMILES string of the molecule is CCC1CN(CC)CCN1C(CN)c1cccnc1. The summed E-state index contributed by atoms with van der Waals surface area (Å²) in [7, 11) is 0. The molecular formula is C15H26N4. The molecule has 4 nitrogen and oxygen atoms in total. The number of pyridine rings is 1. The molecule has 0 bridgehead atoms. The summed E-state index contributed by atoms with van der Waals surface area (Å²) in [5.74, 6) is 0. The molecule has 0 amide bonds. The quantitative estimate of drug-likeness (QED) is 0.873. The summed E-state index contributed by atoms with van der Waals surface area (Å²) in [6.07, 6.45) is 4.95. The average Bonchev–Trinajstić information content (AvgIpc) is 2.49. The Kier molecular flexibility index (Phi) is 5.31. The first-order chi connectivity index (χ1) is 9.30. The zero-order valence-electron chi connectivity index (χ0n) is 12.1. The lowest BCUT2D eigenvalue weighted by molar-refractivity contribution is 0.0426. The van der Waals surface area contributed by atoms with Crippen LogP contribution in [0.5, 0.6) is 0 Å². The Hall–Kier alpha value is -0.970. The van der Waals surface area contributed by atoms with Gasteiger partial charge in [-0.3, -0.25) is 9.88 Å². The van der Waals surface area contributed by atoms with Gasteiger partial charge in [-0.1, -0.05) is 19.9 Å². The van der Waals surface area contributed by atoms with Gasteiger partial charge in [0, 0.05) is 50.7 Å². The summed E-state index contributed by atoms with van der Waals surface area (Å²) >= 11 is 0. The normalized spacial score (nSPS) is 23.4. The van der Waals surface area contributed by atoms with Crippen molar-refractivity contribution in [3.63, 3.8) is 0 Å². The third-order valence-corrected chi connectivity index (χ3v) is 4.22. The number of nitrogens with zero attached hydrogens (tertiary/aromatic N) is 3. The molecule has 2 rings (SSSR count). The van der Waals surface area contributed by atoms with E-state index in [1.807, 2.05) is 18.5 Å². The molecule has 2 unspecified atom stereocenters. The molecule has 2 N–H and O–H groups in total. The Morgan fingerprint density at radius 3 is 2.84 bits per heavy atom. The largest absolute Gasteiger partial charge is 0.329 e. The fourth-order valence-corrected chi connectivity index (χ4v) is 3.03. The van der Waals surface area contributed by atoms with E-state index >= 15 is 0 Å². The van der Waals surface area contributed by atoms with Crippen molar-refractivity contribution in [2.45, 2.75) is 32.4 Å². The van der Waals surface area contributed by atoms with Crippen molar-refractivity contribution >= 4 is 0 Å². The first-order valence-electron chi connectivity index (χ1n) is 7.38. The summed E-state index contributed by atoms with van der Waals surface area (Å²) in [4.78, 5) is 9.34. The minimum Gasteiger partial charge on any atom is -0.329 e. The lowest BCUT2D eigenvalue weighted by Gasteiger charge is -2.44. The average molecular weight is 262 g/mol. The van der Waals surface area contributed by atoms with Crippen molar-refractivity contribution in [3.05, 3.63) is 30.1 Å². The van der Waals surface area contributed by atoms with Crippen LogP contribution in [0.3, 0.4) is 0 Å². The first kappa shape index (κ1) is 14.4. The Bertz CT molecular complexity index is 368. The molecule has 1 saturated heterocycles. The van der Waals surface area contributed by atoms with Gasteiger partial charge in [-0.05, 0) is 24.6 Å². The van der Waals surface area contributed by atoms with Crippen LogP contribution in [-0.4, -0.2) is 53.5 Å². The van der Waals surface area contributed by atoms with E-state index in [0.717, 1.165) is 26.2 Å². The van der Waals surface area contributed by atoms with Crippen LogP contribution in [0.25, 0.3) is 0 Å². The van der Waals surface area contributed by atoms with Gasteiger partial charge in [0.1, 0.15) is 0 Å². The third-order valence-electron chi connectivity index (χ3n) is 4.22. The van der Waals surface area contributed by atoms with Crippen molar-refractivity contribution in [3.8, 4) is 0 Å². The number of piperazine rings is 1. The molecule has 2 heterocycles. The number of hydrogen-bond acceptors (Lipinski definition) is 4. The molecule has 1 aromatic heterocycles. The molecule has 0 spiro atoms. The van der Waals surface area contributed by atoms with Crippen LogP contribution in [0.15, 0.2) is 24.5 Å². The van der Waals surface area contributed by atoms with Crippen LogP contribution in [0.4, 0.5) is 0 Å². The van der Waals surface area contributed by atoms with Crippen molar-refractivity contribution in [2.24, 2.45) is 5.73 Å². The van der Waals surface area contributed by atoms with E-state index in [4.69, 9.17) is 5.73 Å². The summed E-state index contributed by atoms with van der Waals surface area (Å²) in [6, 6.07) is 5.05. The van der Waals surface area contributed by atoms with Gasteiger partial charge in [0.05, 0.1) is 0 Å². The standard InChI is InChI=1S/C15H26N4/c1-3-14-12-18(4-2)8-9-19(14)15(10-16)13-6-5-7-17-11-13/h5-7,11,14-15H,3-4,8-10,12,16H2,1-2H3. The van der Waals surface area contributed by atoms with E-state index < -0.39 is 0 Å². The van der Waals surface area contributed by atoms with Gasteiger partial charge >= 0.3 is 0 Å². The van der Waals surface area contributed by atoms with Gasteiger partial charge < -0.3 is 10.6 Å². The molecule has 0 saturated carbocycles. The van der Waals surface area contributed by atoms with E-state index in [-0.39, 0.29) is 0 Å². The van der Waals surface area contributed by atoms with Gasteiger partial charge in [-0.15, -0.1) is 0 Å². The summed E-state index contributed by atoms with van der Waals surface area (Å²) in [6.45, 7) is 9.72. The number of nitrogens with two attached hydrogens (primary N) is 1. The number of likely N-dealkylation sites (N-methyl/N-ethyl adjacent to an activating group) is 1. The van der Waals surface area contributed by atoms with E-state index in [0.29, 0.717) is 18.6 Å². The molecule has 0 radical (unpaired) electrons. The third kappa shape index (κ3) is 3.32. The first-order valence-corrected chi connectivity index (χ1v) is 7.38. The Morgan fingerprint density at radius 2 is 2.26 bits per heavy atom. The molecule has 2 atom stereocenters. The topological polar surface area (TPSA) is 45.4 Å². The zero-order chi connectivity index (χ0) is 13.7. The fraction of sp³-hybridized carbons (Fsp3) is 0.667. The molecule has 4 heteroatoms. The molecule has 1 aliphatic heterocycles. The van der Waals surface area contributed by atoms with E-state index in [1.165, 1.54) is 12.0 Å². The minimum absolute atomic E-state index is 0.303. The number of hydrogen-bond donors (Lipinski definition) is 1. The van der Waals surface area contributed by atoms with Crippen molar-refractivity contribution in [1.29, 1.82) is 0 Å². The highest BCUT2D eigenvalue weighted by Gasteiger charge is 2.30. The maximum atomic E-state index is 6.04. The van der Waals surface area contributed by atoms with Crippen molar-refractivity contribution in [1.82, 2.24) is 14.8 Å². The second-order valence-corrected chi connectivity index (χ2v) is 5.23. The Morgan fingerprint density at radius 1 is 1.42 bits per heavy atom. The molecule has 0 aromatic carbocycles. The van der Waals surface area contributed by atoms with Gasteiger partial charge in [0.15, 0.2) is 0 Å². The van der Waals surface area contributed by atoms with E-state index in [1.54, 1.807) is 0 Å². The van der Waals surface area contributed by atoms with Crippen molar-refractivity contribution in [2.75, 3.05) is 32.7 Å². The molecule has 0 aliphatic carbocycles. The van der Waals surface area contributed by atoms with Gasteiger partial charge in [0.2, 0.25) is 0 Å². The summed E-state index contributed by atoms with van der Waals surface area (Å²) < 4.78 is 0. The fourth-order valence-electron chi connectivity index (χ4n) is 3.03. The molecule has 19 heavy (non-hydrogen) atoms. The molecule has 1 fully saturated rings. The van der Waals surface area contributed by atoms with Gasteiger partial charge in [-0.2, -0.15) is 0 Å². The minimum atomic E-state index is 0.303. The second kappa shape index (κ2) is 6.98.